The van der Waals surface area contributed by atoms with Crippen molar-refractivity contribution in [1.29, 1.82) is 0 Å². The van der Waals surface area contributed by atoms with Crippen molar-refractivity contribution in [1.82, 2.24) is 0 Å². The predicted octanol–water partition coefficient (Wildman–Crippen LogP) is 0.648. The molecule has 0 aliphatic heterocycles. The molecule has 2 radical (unpaired) electrons. The Morgan fingerprint density at radius 2 is 1.92 bits per heavy atom. The SMILES string of the molecule is CN([C]=O)c1ccccc1[C]=O. The number of benzene rings is 1. The Kier molecular flexibility index (Phi) is 2.58. The summed E-state index contributed by atoms with van der Waals surface area (Å²) in [6, 6.07) is 6.70. The highest BCUT2D eigenvalue weighted by atomic mass is 16.1. The maximum atomic E-state index is 10.4. The van der Waals surface area contributed by atoms with Gasteiger partial charge in [0.15, 0.2) is 0 Å². The number of hydrogen-bond donors (Lipinski definition) is 0. The monoisotopic (exact) mass is 161 g/mol. The molecule has 0 saturated heterocycles. The topological polar surface area (TPSA) is 37.4 Å². The summed E-state index contributed by atoms with van der Waals surface area (Å²) < 4.78 is 0. The van der Waals surface area contributed by atoms with E-state index in [1.807, 2.05) is 0 Å². The van der Waals surface area contributed by atoms with Gasteiger partial charge in [-0.2, -0.15) is 0 Å². The highest BCUT2D eigenvalue weighted by molar-refractivity contribution is 5.89. The number of carbonyl (C=O) groups excluding carboxylic acids is 2. The lowest BCUT2D eigenvalue weighted by molar-refractivity contribution is 0.554. The molecule has 3 nitrogen and oxygen atoms in total. The number of amides is 1. The molecule has 0 saturated carbocycles. The molecule has 0 unspecified atom stereocenters. The predicted molar refractivity (Wildman–Crippen MR) is 45.3 cm³/mol. The van der Waals surface area contributed by atoms with E-state index in [-0.39, 0.29) is 0 Å². The summed E-state index contributed by atoms with van der Waals surface area (Å²) in [4.78, 5) is 21.8. The molecule has 3 heteroatoms. The smallest absolute Gasteiger partial charge is 0.306 e. The Bertz CT molecular complexity index is 296. The van der Waals surface area contributed by atoms with Crippen molar-refractivity contribution in [3.8, 4) is 0 Å². The lowest BCUT2D eigenvalue weighted by Gasteiger charge is -2.10. The van der Waals surface area contributed by atoms with Gasteiger partial charge in [-0.05, 0) is 12.1 Å². The second kappa shape index (κ2) is 3.67. The molecule has 0 bridgehead atoms. The number of rotatable bonds is 3. The highest BCUT2D eigenvalue weighted by Crippen LogP contribution is 2.15. The van der Waals surface area contributed by atoms with Gasteiger partial charge in [0.05, 0.1) is 5.69 Å². The molecule has 0 atom stereocenters. The van der Waals surface area contributed by atoms with E-state index in [2.05, 4.69) is 0 Å². The molecule has 12 heavy (non-hydrogen) atoms. The Balaban J connectivity index is 3.12. The van der Waals surface area contributed by atoms with E-state index < -0.39 is 0 Å². The molecular formula is C9H7NO2. The lowest BCUT2D eigenvalue weighted by atomic mass is 10.2. The number of hydrogen-bond acceptors (Lipinski definition) is 2. The molecule has 1 aromatic rings. The molecule has 0 aliphatic carbocycles. The van der Waals surface area contributed by atoms with E-state index in [9.17, 15) is 9.59 Å². The van der Waals surface area contributed by atoms with Crippen molar-refractivity contribution in [2.45, 2.75) is 0 Å². The minimum atomic E-state index is 0.364. The van der Waals surface area contributed by atoms with Gasteiger partial charge < -0.3 is 4.90 Å². The van der Waals surface area contributed by atoms with Gasteiger partial charge in [0.2, 0.25) is 6.29 Å². The second-order valence-electron chi connectivity index (χ2n) is 2.27. The molecule has 1 aromatic carbocycles. The minimum Gasteiger partial charge on any atom is -0.306 e. The van der Waals surface area contributed by atoms with Crippen LogP contribution in [0.2, 0.25) is 0 Å². The van der Waals surface area contributed by atoms with Crippen LogP contribution in [0.1, 0.15) is 5.56 Å². The number of para-hydroxylation sites is 1. The largest absolute Gasteiger partial charge is 0.316 e. The summed E-state index contributed by atoms with van der Waals surface area (Å²) >= 11 is 0. The third kappa shape index (κ3) is 1.50. The Morgan fingerprint density at radius 3 is 2.50 bits per heavy atom. The van der Waals surface area contributed by atoms with E-state index in [4.69, 9.17) is 0 Å². The summed E-state index contributed by atoms with van der Waals surface area (Å²) in [5.41, 5.74) is 0.880. The van der Waals surface area contributed by atoms with Crippen LogP contribution in [0, 0.1) is 0 Å². The third-order valence-corrected chi connectivity index (χ3v) is 1.51. The summed E-state index contributed by atoms with van der Waals surface area (Å²) in [5.74, 6) is 0. The first-order valence-electron chi connectivity index (χ1n) is 3.38. The average molecular weight is 161 g/mol. The quantitative estimate of drug-likeness (QED) is 0.610. The van der Waals surface area contributed by atoms with E-state index in [1.54, 1.807) is 37.0 Å². The van der Waals surface area contributed by atoms with Crippen molar-refractivity contribution in [3.63, 3.8) is 0 Å². The van der Waals surface area contributed by atoms with Crippen LogP contribution >= 0.6 is 0 Å². The lowest BCUT2D eigenvalue weighted by Crippen LogP contribution is -2.15. The average Bonchev–Trinajstić information content (AvgIpc) is 2.16. The standard InChI is InChI=1S/C9H7NO2/c1-10(7-12)9-5-3-2-4-8(9)6-11/h2-5H,1H3. The van der Waals surface area contributed by atoms with Gasteiger partial charge in [-0.15, -0.1) is 0 Å². The summed E-state index contributed by atoms with van der Waals surface area (Å²) in [7, 11) is 1.53. The second-order valence-corrected chi connectivity index (χ2v) is 2.27. The number of anilines is 1. The molecule has 1 amide bonds. The molecule has 0 aromatic heterocycles. The maximum absolute atomic E-state index is 10.4. The first kappa shape index (κ1) is 8.46. The third-order valence-electron chi connectivity index (χ3n) is 1.51. The molecule has 60 valence electrons. The van der Waals surface area contributed by atoms with Crippen LogP contribution < -0.4 is 4.90 Å². The van der Waals surface area contributed by atoms with Gasteiger partial charge in [-0.1, -0.05) is 12.1 Å². The van der Waals surface area contributed by atoms with Gasteiger partial charge in [0, 0.05) is 12.6 Å². The summed E-state index contributed by atoms with van der Waals surface area (Å²) in [6.45, 7) is 0. The van der Waals surface area contributed by atoms with Gasteiger partial charge in [0.1, 0.15) is 0 Å². The Morgan fingerprint density at radius 1 is 1.25 bits per heavy atom. The van der Waals surface area contributed by atoms with Gasteiger partial charge >= 0.3 is 6.41 Å². The molecule has 0 N–H and O–H groups in total. The van der Waals surface area contributed by atoms with Crippen molar-refractivity contribution >= 4 is 18.4 Å². The van der Waals surface area contributed by atoms with Crippen LogP contribution in [0.4, 0.5) is 5.69 Å². The van der Waals surface area contributed by atoms with Crippen LogP contribution in [-0.2, 0) is 9.59 Å². The van der Waals surface area contributed by atoms with E-state index in [1.165, 1.54) is 11.9 Å². The van der Waals surface area contributed by atoms with E-state index in [0.29, 0.717) is 11.3 Å². The fourth-order valence-electron chi connectivity index (χ4n) is 0.902. The zero-order chi connectivity index (χ0) is 8.97. The fraction of sp³-hybridized carbons (Fsp3) is 0.111. The maximum Gasteiger partial charge on any atom is 0.316 e. The normalized spacial score (nSPS) is 9.08. The van der Waals surface area contributed by atoms with Gasteiger partial charge in [-0.3, -0.25) is 9.59 Å². The van der Waals surface area contributed by atoms with Crippen molar-refractivity contribution in [3.05, 3.63) is 29.8 Å². The van der Waals surface area contributed by atoms with Gasteiger partial charge in [-0.25, -0.2) is 0 Å². The highest BCUT2D eigenvalue weighted by Gasteiger charge is 2.05. The molecule has 1 rings (SSSR count). The van der Waals surface area contributed by atoms with Crippen molar-refractivity contribution < 1.29 is 9.59 Å². The first-order chi connectivity index (χ1) is 5.79. The van der Waals surface area contributed by atoms with Crippen LogP contribution in [-0.4, -0.2) is 19.7 Å². The minimum absolute atomic E-state index is 0.364. The Hall–Kier alpha value is -1.64. The van der Waals surface area contributed by atoms with Crippen LogP contribution in [0.3, 0.4) is 0 Å². The molecule has 0 spiro atoms. The summed E-state index contributed by atoms with van der Waals surface area (Å²) in [6.07, 6.45) is 3.40. The first-order valence-corrected chi connectivity index (χ1v) is 3.38. The zero-order valence-electron chi connectivity index (χ0n) is 6.57. The van der Waals surface area contributed by atoms with Crippen LogP contribution in [0.25, 0.3) is 0 Å². The molecule has 0 aliphatic rings. The van der Waals surface area contributed by atoms with Crippen LogP contribution in [0.5, 0.6) is 0 Å². The summed E-state index contributed by atoms with van der Waals surface area (Å²) in [5, 5.41) is 0. The van der Waals surface area contributed by atoms with Crippen LogP contribution in [0.15, 0.2) is 24.3 Å². The van der Waals surface area contributed by atoms with E-state index >= 15 is 0 Å². The van der Waals surface area contributed by atoms with E-state index in [0.717, 1.165) is 0 Å². The Labute approximate surface area is 70.6 Å². The zero-order valence-corrected chi connectivity index (χ0v) is 6.57. The molecule has 0 fully saturated rings. The van der Waals surface area contributed by atoms with Crippen molar-refractivity contribution in [2.75, 3.05) is 11.9 Å². The molecule has 0 heterocycles. The van der Waals surface area contributed by atoms with Gasteiger partial charge in [0.25, 0.3) is 0 Å². The molecular weight excluding hydrogens is 154 g/mol. The number of nitrogens with zero attached hydrogens (tertiary/aromatic N) is 1. The van der Waals surface area contributed by atoms with Crippen molar-refractivity contribution in [2.24, 2.45) is 0 Å². The fourth-order valence-corrected chi connectivity index (χ4v) is 0.902.